The maximum atomic E-state index is 14.2. The standard InChI is InChI=1S/C30H42N4O7.C18H30N2O4/c1-6-20-9-8-19-13-17-31(24(19)26(37)32(20)18-23(35)40-5)25(36)22-11-10-21-12-15-30(27(38)34(21)22)14-7-16-33(30)28(39)41-29(2,3)4;1-6-14-8-7-13-9-10-20(17(22)24-18(2,3)4)15(13)11-19(14)12-16(21)23-5/h8-9,12,15,19-22,24H,6-7,10-11,13-14,16-18H2,1-5H3;7-8,13-15H,6,9-12H2,1-5H3/t19-,20+,21-,22-,24?,30+;13-,14+,15+/m00/s1. The normalized spacial score (nSPS) is 30.9. The van der Waals surface area contributed by atoms with Crippen molar-refractivity contribution in [2.45, 2.75) is 160 Å². The summed E-state index contributed by atoms with van der Waals surface area (Å²) >= 11 is 0. The summed E-state index contributed by atoms with van der Waals surface area (Å²) in [5, 5.41) is 0. The molecule has 7 rings (SSSR count). The predicted molar refractivity (Wildman–Crippen MR) is 240 cm³/mol. The second-order valence-corrected chi connectivity index (χ2v) is 20.3. The molecule has 7 aliphatic rings. The van der Waals surface area contributed by atoms with Gasteiger partial charge in [0.05, 0.1) is 38.9 Å². The Balaban J connectivity index is 0.000000248. The van der Waals surface area contributed by atoms with Crippen molar-refractivity contribution >= 4 is 41.8 Å². The van der Waals surface area contributed by atoms with Crippen molar-refractivity contribution in [1.29, 1.82) is 0 Å². The van der Waals surface area contributed by atoms with Gasteiger partial charge in [-0.15, -0.1) is 0 Å². The number of hydrogen-bond acceptors (Lipinski definition) is 12. The van der Waals surface area contributed by atoms with Crippen LogP contribution in [0.3, 0.4) is 0 Å². The van der Waals surface area contributed by atoms with Crippen molar-refractivity contribution in [3.8, 4) is 0 Å². The van der Waals surface area contributed by atoms with E-state index in [0.717, 1.165) is 12.8 Å². The van der Waals surface area contributed by atoms with E-state index in [4.69, 9.17) is 18.9 Å². The molecule has 1 spiro atoms. The predicted octanol–water partition coefficient (Wildman–Crippen LogP) is 4.69. The molecule has 0 bridgehead atoms. The van der Waals surface area contributed by atoms with Gasteiger partial charge in [-0.2, -0.15) is 0 Å². The van der Waals surface area contributed by atoms with Gasteiger partial charge in [0.1, 0.15) is 35.4 Å². The van der Waals surface area contributed by atoms with Gasteiger partial charge in [0.15, 0.2) is 0 Å². The summed E-state index contributed by atoms with van der Waals surface area (Å²) in [5.41, 5.74) is -2.39. The fraction of sp³-hybridized carbons (Fsp3) is 0.729. The topological polar surface area (TPSA) is 176 Å². The number of amides is 5. The second-order valence-electron chi connectivity index (χ2n) is 20.3. The molecule has 4 saturated heterocycles. The average Bonchev–Trinajstić information content (AvgIpc) is 4.03. The van der Waals surface area contributed by atoms with Crippen LogP contribution in [0.15, 0.2) is 36.5 Å². The van der Waals surface area contributed by atoms with E-state index in [1.807, 2.05) is 56.9 Å². The number of hydrogen-bond donors (Lipinski definition) is 0. The van der Waals surface area contributed by atoms with Crippen LogP contribution in [0.1, 0.15) is 107 Å². The highest BCUT2D eigenvalue weighted by Gasteiger charge is 2.58. The number of likely N-dealkylation sites (tertiary alicyclic amines) is 3. The average molecular weight is 909 g/mol. The molecule has 0 aromatic rings. The third-order valence-corrected chi connectivity index (χ3v) is 13.8. The smallest absolute Gasteiger partial charge is 0.411 e. The Morgan fingerprint density at radius 3 is 1.95 bits per heavy atom. The summed E-state index contributed by atoms with van der Waals surface area (Å²) in [5.74, 6) is -1.40. The molecule has 4 fully saturated rings. The van der Waals surface area contributed by atoms with Crippen LogP contribution in [0.4, 0.5) is 9.59 Å². The van der Waals surface area contributed by atoms with Crippen molar-refractivity contribution in [1.82, 2.24) is 29.4 Å². The molecule has 7 heterocycles. The van der Waals surface area contributed by atoms with Gasteiger partial charge in [-0.1, -0.05) is 50.3 Å². The number of ether oxygens (including phenoxy) is 4. The van der Waals surface area contributed by atoms with E-state index in [0.29, 0.717) is 70.6 Å². The van der Waals surface area contributed by atoms with Gasteiger partial charge in [0, 0.05) is 44.1 Å². The number of fused-ring (bicyclic) bond motifs is 3. The third kappa shape index (κ3) is 10.5. The van der Waals surface area contributed by atoms with Crippen LogP contribution in [0.2, 0.25) is 0 Å². The summed E-state index contributed by atoms with van der Waals surface area (Å²) < 4.78 is 20.9. The van der Waals surface area contributed by atoms with Gasteiger partial charge >= 0.3 is 24.1 Å². The second kappa shape index (κ2) is 19.9. The van der Waals surface area contributed by atoms with E-state index < -0.39 is 40.9 Å². The molecule has 9 atom stereocenters. The summed E-state index contributed by atoms with van der Waals surface area (Å²) in [4.78, 5) is 102. The molecule has 17 nitrogen and oxygen atoms in total. The summed E-state index contributed by atoms with van der Waals surface area (Å²) in [7, 11) is 2.69. The number of esters is 2. The van der Waals surface area contributed by atoms with E-state index in [1.54, 1.807) is 30.6 Å². The van der Waals surface area contributed by atoms with E-state index in [9.17, 15) is 33.6 Å². The first-order valence-corrected chi connectivity index (χ1v) is 23.5. The largest absolute Gasteiger partial charge is 0.468 e. The van der Waals surface area contributed by atoms with Gasteiger partial charge in [-0.3, -0.25) is 33.8 Å². The van der Waals surface area contributed by atoms with E-state index in [2.05, 4.69) is 24.0 Å². The zero-order valence-electron chi connectivity index (χ0n) is 40.2. The quantitative estimate of drug-likeness (QED) is 0.196. The SMILES string of the molecule is CC[C@@H]1C=C[C@H]2CCN(C(=O)OC(C)(C)C)[C@@H]2CN1CC(=O)OC.CC[C@@H]1C=C[C@H]2CCN(C(=O)[C@@H]3CC[C@H]4C=C[C@]5(CCCN5C(=O)OC(C)(C)C)C(=O)N43)C2C(=O)N1CC(=O)OC. The molecule has 65 heavy (non-hydrogen) atoms. The van der Waals surface area contributed by atoms with E-state index in [1.165, 1.54) is 24.0 Å². The first-order chi connectivity index (χ1) is 30.7. The van der Waals surface area contributed by atoms with Crippen LogP contribution < -0.4 is 0 Å². The van der Waals surface area contributed by atoms with Crippen molar-refractivity contribution in [2.24, 2.45) is 11.8 Å². The fourth-order valence-electron chi connectivity index (χ4n) is 10.6. The maximum Gasteiger partial charge on any atom is 0.411 e. The first kappa shape index (κ1) is 49.5. The number of carbonyl (C=O) groups is 7. The van der Waals surface area contributed by atoms with Gasteiger partial charge in [0.25, 0.3) is 5.91 Å². The monoisotopic (exact) mass is 909 g/mol. The Bertz CT molecular complexity index is 1920. The van der Waals surface area contributed by atoms with E-state index in [-0.39, 0.29) is 73.0 Å². The number of nitrogens with zero attached hydrogens (tertiary/aromatic N) is 6. The lowest BCUT2D eigenvalue weighted by molar-refractivity contribution is -0.155. The van der Waals surface area contributed by atoms with Crippen LogP contribution in [0, 0.1) is 11.8 Å². The van der Waals surface area contributed by atoms with Crippen LogP contribution in [0.25, 0.3) is 0 Å². The van der Waals surface area contributed by atoms with Gasteiger partial charge in [0.2, 0.25) is 11.8 Å². The summed E-state index contributed by atoms with van der Waals surface area (Å²) in [6, 6.07) is -1.76. The summed E-state index contributed by atoms with van der Waals surface area (Å²) in [6.07, 6.45) is 16.6. The van der Waals surface area contributed by atoms with Crippen molar-refractivity contribution < 1.29 is 52.5 Å². The maximum absolute atomic E-state index is 14.2. The van der Waals surface area contributed by atoms with Crippen molar-refractivity contribution in [3.63, 3.8) is 0 Å². The summed E-state index contributed by atoms with van der Waals surface area (Å²) in [6.45, 7) is 17.2. The minimum Gasteiger partial charge on any atom is -0.468 e. The molecule has 0 radical (unpaired) electrons. The highest BCUT2D eigenvalue weighted by molar-refractivity contribution is 5.99. The lowest BCUT2D eigenvalue weighted by atomic mass is 9.89. The van der Waals surface area contributed by atoms with E-state index >= 15 is 0 Å². The minimum atomic E-state index is -1.18. The van der Waals surface area contributed by atoms with Crippen LogP contribution in [-0.2, 0) is 42.9 Å². The molecule has 1 unspecified atom stereocenters. The molecular weight excluding hydrogens is 837 g/mol. The Hall–Kier alpha value is -4.93. The van der Waals surface area contributed by atoms with Crippen LogP contribution in [-0.4, -0.2) is 178 Å². The lowest BCUT2D eigenvalue weighted by Gasteiger charge is -2.44. The zero-order valence-corrected chi connectivity index (χ0v) is 40.2. The molecule has 360 valence electrons. The van der Waals surface area contributed by atoms with Crippen LogP contribution >= 0.6 is 0 Å². The fourth-order valence-corrected chi connectivity index (χ4v) is 10.6. The molecule has 0 aromatic carbocycles. The van der Waals surface area contributed by atoms with Gasteiger partial charge < -0.3 is 38.5 Å². The molecule has 0 aliphatic carbocycles. The molecular formula is C48H72N6O11. The molecule has 7 aliphatic heterocycles. The molecule has 0 aromatic heterocycles. The van der Waals surface area contributed by atoms with Crippen molar-refractivity contribution in [3.05, 3.63) is 36.5 Å². The molecule has 0 N–H and O–H groups in total. The Morgan fingerprint density at radius 2 is 1.31 bits per heavy atom. The number of rotatable bonds is 7. The molecule has 5 amide bonds. The minimum absolute atomic E-state index is 0.0392. The zero-order chi connectivity index (χ0) is 47.6. The number of methoxy groups -OCH3 is 2. The Kier molecular flexibility index (Phi) is 15.1. The lowest BCUT2D eigenvalue weighted by Crippen LogP contribution is -2.64. The molecule has 17 heteroatoms. The number of carbonyl (C=O) groups excluding carboxylic acids is 7. The Labute approximate surface area is 384 Å². The highest BCUT2D eigenvalue weighted by Crippen LogP contribution is 2.43. The van der Waals surface area contributed by atoms with Crippen LogP contribution in [0.5, 0.6) is 0 Å². The highest BCUT2D eigenvalue weighted by atomic mass is 16.6. The molecule has 0 saturated carbocycles. The Morgan fingerprint density at radius 1 is 0.708 bits per heavy atom. The third-order valence-electron chi connectivity index (χ3n) is 13.8. The van der Waals surface area contributed by atoms with Gasteiger partial charge in [-0.25, -0.2) is 9.59 Å². The van der Waals surface area contributed by atoms with Gasteiger partial charge in [-0.05, 0) is 92.9 Å². The first-order valence-electron chi connectivity index (χ1n) is 23.5. The van der Waals surface area contributed by atoms with Crippen molar-refractivity contribution in [2.75, 3.05) is 53.5 Å².